The van der Waals surface area contributed by atoms with Crippen LogP contribution in [0.15, 0.2) is 0 Å². The molecule has 1 heterocycles. The molecule has 2 rings (SSSR count). The normalized spacial score (nSPS) is 26.9. The average molecular weight is 267 g/mol. The number of fused-ring (bicyclic) bond motifs is 1. The molecule has 5 heteroatoms. The fourth-order valence-corrected chi connectivity index (χ4v) is 3.36. The third-order valence-electron chi connectivity index (χ3n) is 4.95. The topological polar surface area (TPSA) is 74.7 Å². The van der Waals surface area contributed by atoms with Crippen molar-refractivity contribution >= 4 is 17.8 Å². The van der Waals surface area contributed by atoms with Crippen LogP contribution in [0.1, 0.15) is 46.0 Å². The first-order valence-electron chi connectivity index (χ1n) is 7.05. The lowest BCUT2D eigenvalue weighted by molar-refractivity contribution is -0.154. The molecule has 0 aromatic rings. The number of amides is 2. The van der Waals surface area contributed by atoms with Crippen LogP contribution in [0, 0.1) is 17.3 Å². The van der Waals surface area contributed by atoms with Gasteiger partial charge >= 0.3 is 5.97 Å². The fourth-order valence-electron chi connectivity index (χ4n) is 3.36. The van der Waals surface area contributed by atoms with Gasteiger partial charge in [0, 0.05) is 6.54 Å². The zero-order chi connectivity index (χ0) is 14.2. The average Bonchev–Trinajstić information content (AvgIpc) is 2.94. The van der Waals surface area contributed by atoms with Gasteiger partial charge in [-0.2, -0.15) is 0 Å². The van der Waals surface area contributed by atoms with Crippen molar-refractivity contribution in [2.24, 2.45) is 17.3 Å². The molecule has 0 spiro atoms. The summed E-state index contributed by atoms with van der Waals surface area (Å²) in [5, 5.41) is 9.41. The van der Waals surface area contributed by atoms with Crippen LogP contribution in [-0.2, 0) is 14.4 Å². The maximum Gasteiger partial charge on any atom is 0.311 e. The lowest BCUT2D eigenvalue weighted by Crippen LogP contribution is -2.45. The molecule has 2 aliphatic rings. The minimum absolute atomic E-state index is 0.0278. The number of carboxylic acid groups (broad SMARTS) is 1. The number of likely N-dealkylation sites (tertiary alicyclic amines) is 1. The summed E-state index contributed by atoms with van der Waals surface area (Å²) < 4.78 is 0. The van der Waals surface area contributed by atoms with E-state index in [9.17, 15) is 19.5 Å². The number of rotatable bonds is 5. The van der Waals surface area contributed by atoms with E-state index in [0.717, 1.165) is 19.3 Å². The Morgan fingerprint density at radius 1 is 1.21 bits per heavy atom. The largest absolute Gasteiger partial charge is 0.481 e. The Kier molecular flexibility index (Phi) is 3.65. The highest BCUT2D eigenvalue weighted by atomic mass is 16.4. The molecule has 1 saturated heterocycles. The highest BCUT2D eigenvalue weighted by Crippen LogP contribution is 2.41. The van der Waals surface area contributed by atoms with Crippen LogP contribution in [0.4, 0.5) is 0 Å². The summed E-state index contributed by atoms with van der Waals surface area (Å²) in [4.78, 5) is 37.2. The van der Waals surface area contributed by atoms with Crippen molar-refractivity contribution in [3.8, 4) is 0 Å². The van der Waals surface area contributed by atoms with E-state index in [1.165, 1.54) is 4.90 Å². The van der Waals surface area contributed by atoms with Gasteiger partial charge in [0.15, 0.2) is 0 Å². The maximum absolute atomic E-state index is 12.2. The van der Waals surface area contributed by atoms with E-state index in [1.54, 1.807) is 13.8 Å². The minimum atomic E-state index is -0.996. The van der Waals surface area contributed by atoms with Crippen molar-refractivity contribution in [3.05, 3.63) is 0 Å². The van der Waals surface area contributed by atoms with E-state index in [2.05, 4.69) is 0 Å². The standard InChI is InChI=1S/C14H21NO4/c1-3-14(4-2,13(18)19)8-15-11(16)9-6-5-7-10(9)12(15)17/h9-10H,3-8H2,1-2H3,(H,18,19). The van der Waals surface area contributed by atoms with E-state index in [4.69, 9.17) is 0 Å². The first-order chi connectivity index (χ1) is 8.96. The predicted molar refractivity (Wildman–Crippen MR) is 68.2 cm³/mol. The van der Waals surface area contributed by atoms with Crippen molar-refractivity contribution in [2.75, 3.05) is 6.54 Å². The van der Waals surface area contributed by atoms with E-state index in [1.807, 2.05) is 0 Å². The van der Waals surface area contributed by atoms with Gasteiger partial charge in [0.05, 0.1) is 17.3 Å². The Morgan fingerprint density at radius 2 is 1.68 bits per heavy atom. The Bertz CT molecular complexity index is 392. The fraction of sp³-hybridized carbons (Fsp3) is 0.786. The summed E-state index contributed by atoms with van der Waals surface area (Å²) in [5.41, 5.74) is -0.996. The molecule has 0 radical (unpaired) electrons. The summed E-state index contributed by atoms with van der Waals surface area (Å²) in [6.45, 7) is 3.62. The van der Waals surface area contributed by atoms with Crippen LogP contribution in [0.25, 0.3) is 0 Å². The van der Waals surface area contributed by atoms with Crippen molar-refractivity contribution < 1.29 is 19.5 Å². The van der Waals surface area contributed by atoms with Crippen molar-refractivity contribution in [1.82, 2.24) is 4.90 Å². The molecule has 1 aliphatic heterocycles. The van der Waals surface area contributed by atoms with Crippen LogP contribution < -0.4 is 0 Å². The second-order valence-corrected chi connectivity index (χ2v) is 5.70. The number of nitrogens with zero attached hydrogens (tertiary/aromatic N) is 1. The third-order valence-corrected chi connectivity index (χ3v) is 4.95. The van der Waals surface area contributed by atoms with Crippen molar-refractivity contribution in [2.45, 2.75) is 46.0 Å². The summed E-state index contributed by atoms with van der Waals surface area (Å²) in [6.07, 6.45) is 3.30. The van der Waals surface area contributed by atoms with Crippen LogP contribution in [0.5, 0.6) is 0 Å². The molecule has 0 aromatic carbocycles. The monoisotopic (exact) mass is 267 g/mol. The van der Waals surface area contributed by atoms with Gasteiger partial charge in [-0.3, -0.25) is 19.3 Å². The molecule has 2 atom stereocenters. The van der Waals surface area contributed by atoms with Gasteiger partial charge in [0.1, 0.15) is 0 Å². The molecule has 0 bridgehead atoms. The number of hydrogen-bond donors (Lipinski definition) is 1. The second-order valence-electron chi connectivity index (χ2n) is 5.70. The van der Waals surface area contributed by atoms with Crippen LogP contribution in [0.2, 0.25) is 0 Å². The van der Waals surface area contributed by atoms with Crippen LogP contribution >= 0.6 is 0 Å². The van der Waals surface area contributed by atoms with Gasteiger partial charge < -0.3 is 5.11 Å². The molecular formula is C14H21NO4. The molecule has 19 heavy (non-hydrogen) atoms. The summed E-state index contributed by atoms with van der Waals surface area (Å²) in [5.74, 6) is -1.60. The number of hydrogen-bond acceptors (Lipinski definition) is 3. The number of carboxylic acids is 1. The molecule has 1 aliphatic carbocycles. The molecule has 2 fully saturated rings. The zero-order valence-corrected chi connectivity index (χ0v) is 11.5. The molecule has 1 saturated carbocycles. The molecule has 106 valence electrons. The molecule has 1 N–H and O–H groups in total. The minimum Gasteiger partial charge on any atom is -0.481 e. The molecule has 0 aromatic heterocycles. The van der Waals surface area contributed by atoms with Crippen molar-refractivity contribution in [3.63, 3.8) is 0 Å². The van der Waals surface area contributed by atoms with E-state index in [-0.39, 0.29) is 30.2 Å². The van der Waals surface area contributed by atoms with E-state index in [0.29, 0.717) is 12.8 Å². The molecular weight excluding hydrogens is 246 g/mol. The second kappa shape index (κ2) is 4.94. The van der Waals surface area contributed by atoms with Crippen LogP contribution in [-0.4, -0.2) is 34.3 Å². The number of aliphatic carboxylic acids is 1. The summed E-state index contributed by atoms with van der Waals surface area (Å²) in [6, 6.07) is 0. The van der Waals surface area contributed by atoms with Gasteiger partial charge in [-0.15, -0.1) is 0 Å². The van der Waals surface area contributed by atoms with Gasteiger partial charge in [-0.1, -0.05) is 20.3 Å². The molecule has 2 unspecified atom stereocenters. The van der Waals surface area contributed by atoms with Crippen molar-refractivity contribution in [1.29, 1.82) is 0 Å². The van der Waals surface area contributed by atoms with E-state index >= 15 is 0 Å². The highest BCUT2D eigenvalue weighted by Gasteiger charge is 2.52. The Labute approximate surface area is 113 Å². The van der Waals surface area contributed by atoms with Gasteiger partial charge in [0.25, 0.3) is 0 Å². The van der Waals surface area contributed by atoms with Gasteiger partial charge in [-0.25, -0.2) is 0 Å². The quantitative estimate of drug-likeness (QED) is 0.769. The number of carbonyl (C=O) groups is 3. The lowest BCUT2D eigenvalue weighted by atomic mass is 9.82. The smallest absolute Gasteiger partial charge is 0.311 e. The first kappa shape index (κ1) is 14.0. The molecule has 5 nitrogen and oxygen atoms in total. The first-order valence-corrected chi connectivity index (χ1v) is 7.05. The summed E-state index contributed by atoms with van der Waals surface area (Å²) >= 11 is 0. The zero-order valence-electron chi connectivity index (χ0n) is 11.5. The molecule has 2 amide bonds. The predicted octanol–water partition coefficient (Wildman–Crippen LogP) is 1.66. The van der Waals surface area contributed by atoms with E-state index < -0.39 is 11.4 Å². The Morgan fingerprint density at radius 3 is 2.05 bits per heavy atom. The highest BCUT2D eigenvalue weighted by molar-refractivity contribution is 6.05. The number of carbonyl (C=O) groups excluding carboxylic acids is 2. The summed E-state index contributed by atoms with van der Waals surface area (Å²) in [7, 11) is 0. The Balaban J connectivity index is 2.21. The maximum atomic E-state index is 12.2. The third kappa shape index (κ3) is 2.05. The number of imide groups is 1. The SMILES string of the molecule is CCC(CC)(CN1C(=O)C2CCCC2C1=O)C(=O)O. The Hall–Kier alpha value is -1.39. The lowest BCUT2D eigenvalue weighted by Gasteiger charge is -2.31. The van der Waals surface area contributed by atoms with Gasteiger partial charge in [0.2, 0.25) is 11.8 Å². The van der Waals surface area contributed by atoms with Crippen LogP contribution in [0.3, 0.4) is 0 Å². The van der Waals surface area contributed by atoms with Gasteiger partial charge in [-0.05, 0) is 25.7 Å².